The Hall–Kier alpha value is -3.08. The third-order valence-electron chi connectivity index (χ3n) is 3.84. The van der Waals surface area contributed by atoms with Crippen molar-refractivity contribution >= 4 is 5.91 Å². The predicted molar refractivity (Wildman–Crippen MR) is 96.1 cm³/mol. The molecular formula is C20H21N3O2. The molecule has 0 fully saturated rings. The lowest BCUT2D eigenvalue weighted by molar-refractivity contribution is -0.127. The van der Waals surface area contributed by atoms with Crippen LogP contribution in [0.25, 0.3) is 0 Å². The van der Waals surface area contributed by atoms with Crippen LogP contribution in [-0.2, 0) is 17.9 Å². The van der Waals surface area contributed by atoms with E-state index in [0.29, 0.717) is 12.3 Å². The molecule has 0 aliphatic heterocycles. The molecule has 1 amide bonds. The second-order valence-corrected chi connectivity index (χ2v) is 5.84. The zero-order valence-electron chi connectivity index (χ0n) is 14.1. The van der Waals surface area contributed by atoms with Gasteiger partial charge in [-0.3, -0.25) is 4.79 Å². The van der Waals surface area contributed by atoms with E-state index in [1.807, 2.05) is 53.2 Å². The fraction of sp³-hybridized carbons (Fsp3) is 0.200. The maximum absolute atomic E-state index is 12.2. The molecule has 1 atom stereocenters. The van der Waals surface area contributed by atoms with Gasteiger partial charge in [-0.25, -0.2) is 4.98 Å². The van der Waals surface area contributed by atoms with Crippen LogP contribution in [0.5, 0.6) is 5.75 Å². The summed E-state index contributed by atoms with van der Waals surface area (Å²) in [7, 11) is 0. The third kappa shape index (κ3) is 4.94. The average Bonchev–Trinajstić information content (AvgIpc) is 3.14. The van der Waals surface area contributed by atoms with Crippen LogP contribution in [-0.4, -0.2) is 21.6 Å². The number of carbonyl (C=O) groups is 1. The van der Waals surface area contributed by atoms with Gasteiger partial charge >= 0.3 is 0 Å². The number of nitrogens with one attached hydrogen (secondary N) is 1. The molecule has 0 aliphatic rings. The molecule has 5 nitrogen and oxygen atoms in total. The highest BCUT2D eigenvalue weighted by atomic mass is 16.5. The standard InChI is InChI=1S/C20H21N3O2/c1-16(25-19-5-3-2-4-6-19)20(24)22-13-17-7-9-18(10-8-17)14-23-12-11-21-15-23/h2-12,15-16H,13-14H2,1H3,(H,22,24). The van der Waals surface area contributed by atoms with E-state index in [1.54, 1.807) is 19.4 Å². The summed E-state index contributed by atoms with van der Waals surface area (Å²) >= 11 is 0. The minimum Gasteiger partial charge on any atom is -0.481 e. The van der Waals surface area contributed by atoms with Crippen molar-refractivity contribution in [2.75, 3.05) is 0 Å². The van der Waals surface area contributed by atoms with E-state index in [2.05, 4.69) is 22.4 Å². The second kappa shape index (κ2) is 8.15. The summed E-state index contributed by atoms with van der Waals surface area (Å²) in [4.78, 5) is 16.2. The molecule has 0 saturated carbocycles. The first-order chi connectivity index (χ1) is 12.2. The molecule has 3 rings (SSSR count). The molecule has 3 aromatic rings. The van der Waals surface area contributed by atoms with Crippen LogP contribution in [0.3, 0.4) is 0 Å². The molecule has 5 heteroatoms. The molecule has 25 heavy (non-hydrogen) atoms. The fourth-order valence-electron chi connectivity index (χ4n) is 2.44. The first-order valence-corrected chi connectivity index (χ1v) is 8.24. The monoisotopic (exact) mass is 335 g/mol. The average molecular weight is 335 g/mol. The van der Waals surface area contributed by atoms with Crippen molar-refractivity contribution in [3.05, 3.63) is 84.4 Å². The highest BCUT2D eigenvalue weighted by Gasteiger charge is 2.13. The number of ether oxygens (including phenoxy) is 1. The Balaban J connectivity index is 1.48. The maximum Gasteiger partial charge on any atom is 0.261 e. The summed E-state index contributed by atoms with van der Waals surface area (Å²) in [6, 6.07) is 17.5. The number of rotatable bonds is 7. The maximum atomic E-state index is 12.2. The molecule has 1 heterocycles. The van der Waals surface area contributed by atoms with Gasteiger partial charge in [0.1, 0.15) is 5.75 Å². The first-order valence-electron chi connectivity index (χ1n) is 8.24. The van der Waals surface area contributed by atoms with Crippen LogP contribution in [0.15, 0.2) is 73.3 Å². The van der Waals surface area contributed by atoms with E-state index in [-0.39, 0.29) is 5.91 Å². The smallest absolute Gasteiger partial charge is 0.261 e. The van der Waals surface area contributed by atoms with Gasteiger partial charge in [0, 0.05) is 25.5 Å². The van der Waals surface area contributed by atoms with Gasteiger partial charge < -0.3 is 14.6 Å². The van der Waals surface area contributed by atoms with Gasteiger partial charge in [-0.2, -0.15) is 0 Å². The zero-order chi connectivity index (χ0) is 17.5. The number of amides is 1. The summed E-state index contributed by atoms with van der Waals surface area (Å²) < 4.78 is 7.63. The van der Waals surface area contributed by atoms with Crippen LogP contribution >= 0.6 is 0 Å². The van der Waals surface area contributed by atoms with E-state index < -0.39 is 6.10 Å². The zero-order valence-corrected chi connectivity index (χ0v) is 14.1. The van der Waals surface area contributed by atoms with Gasteiger partial charge in [0.2, 0.25) is 0 Å². The summed E-state index contributed by atoms with van der Waals surface area (Å²) in [5.41, 5.74) is 2.24. The quantitative estimate of drug-likeness (QED) is 0.722. The van der Waals surface area contributed by atoms with Crippen LogP contribution in [0.2, 0.25) is 0 Å². The van der Waals surface area contributed by atoms with E-state index in [9.17, 15) is 4.79 Å². The summed E-state index contributed by atoms with van der Waals surface area (Å²) in [5.74, 6) is 0.556. The Kier molecular flexibility index (Phi) is 5.46. The SMILES string of the molecule is CC(Oc1ccccc1)C(=O)NCc1ccc(Cn2ccnc2)cc1. The van der Waals surface area contributed by atoms with Crippen molar-refractivity contribution in [1.29, 1.82) is 0 Å². The Bertz CT molecular complexity index is 784. The summed E-state index contributed by atoms with van der Waals surface area (Å²) in [5, 5.41) is 2.90. The Morgan fingerprint density at radius 1 is 1.12 bits per heavy atom. The minimum atomic E-state index is -0.539. The lowest BCUT2D eigenvalue weighted by atomic mass is 10.1. The van der Waals surface area contributed by atoms with E-state index in [1.165, 1.54) is 5.56 Å². The Labute approximate surface area is 147 Å². The topological polar surface area (TPSA) is 56.1 Å². The highest BCUT2D eigenvalue weighted by Crippen LogP contribution is 2.11. The number of para-hydroxylation sites is 1. The minimum absolute atomic E-state index is 0.133. The van der Waals surface area contributed by atoms with Gasteiger partial charge in [-0.1, -0.05) is 42.5 Å². The summed E-state index contributed by atoms with van der Waals surface area (Å²) in [6.07, 6.45) is 4.95. The van der Waals surface area contributed by atoms with Crippen molar-refractivity contribution < 1.29 is 9.53 Å². The largest absolute Gasteiger partial charge is 0.481 e. The molecule has 0 saturated heterocycles. The number of hydrogen-bond acceptors (Lipinski definition) is 3. The normalized spacial score (nSPS) is 11.7. The number of hydrogen-bond donors (Lipinski definition) is 1. The van der Waals surface area contributed by atoms with E-state index >= 15 is 0 Å². The number of imidazole rings is 1. The van der Waals surface area contributed by atoms with Crippen molar-refractivity contribution in [3.8, 4) is 5.75 Å². The molecule has 1 unspecified atom stereocenters. The molecule has 1 N–H and O–H groups in total. The Morgan fingerprint density at radius 2 is 1.84 bits per heavy atom. The number of carbonyl (C=O) groups excluding carboxylic acids is 1. The molecule has 2 aromatic carbocycles. The number of benzene rings is 2. The van der Waals surface area contributed by atoms with Crippen molar-refractivity contribution in [3.63, 3.8) is 0 Å². The molecule has 128 valence electrons. The lowest BCUT2D eigenvalue weighted by Gasteiger charge is -2.14. The van der Waals surface area contributed by atoms with Gasteiger partial charge in [0.05, 0.1) is 6.33 Å². The highest BCUT2D eigenvalue weighted by molar-refractivity contribution is 5.80. The van der Waals surface area contributed by atoms with Gasteiger partial charge in [0.25, 0.3) is 5.91 Å². The van der Waals surface area contributed by atoms with Crippen molar-refractivity contribution in [1.82, 2.24) is 14.9 Å². The lowest BCUT2D eigenvalue weighted by Crippen LogP contribution is -2.35. The van der Waals surface area contributed by atoms with Gasteiger partial charge in [-0.15, -0.1) is 0 Å². The van der Waals surface area contributed by atoms with Crippen LogP contribution in [0, 0.1) is 0 Å². The van der Waals surface area contributed by atoms with Crippen molar-refractivity contribution in [2.45, 2.75) is 26.1 Å². The van der Waals surface area contributed by atoms with E-state index in [0.717, 1.165) is 12.1 Å². The molecule has 0 spiro atoms. The molecule has 0 radical (unpaired) electrons. The summed E-state index contributed by atoms with van der Waals surface area (Å²) in [6.45, 7) is 3.01. The van der Waals surface area contributed by atoms with Gasteiger partial charge in [-0.05, 0) is 30.2 Å². The third-order valence-corrected chi connectivity index (χ3v) is 3.84. The van der Waals surface area contributed by atoms with Crippen LogP contribution in [0.4, 0.5) is 0 Å². The molecule has 1 aromatic heterocycles. The molecular weight excluding hydrogens is 314 g/mol. The van der Waals surface area contributed by atoms with Crippen molar-refractivity contribution in [2.24, 2.45) is 0 Å². The first kappa shape index (κ1) is 16.8. The van der Waals surface area contributed by atoms with Crippen LogP contribution < -0.4 is 10.1 Å². The predicted octanol–water partition coefficient (Wildman–Crippen LogP) is 3.02. The van der Waals surface area contributed by atoms with Crippen LogP contribution in [0.1, 0.15) is 18.1 Å². The molecule has 0 aliphatic carbocycles. The van der Waals surface area contributed by atoms with E-state index in [4.69, 9.17) is 4.74 Å². The van der Waals surface area contributed by atoms with Gasteiger partial charge in [0.15, 0.2) is 6.10 Å². The number of aromatic nitrogens is 2. The Morgan fingerprint density at radius 3 is 2.52 bits per heavy atom. The fourth-order valence-corrected chi connectivity index (χ4v) is 2.44. The molecule has 0 bridgehead atoms. The second-order valence-electron chi connectivity index (χ2n) is 5.84. The number of nitrogens with zero attached hydrogens (tertiary/aromatic N) is 2.